The second-order valence-electron chi connectivity index (χ2n) is 4.74. The number of amides is 1. The molecule has 1 amide bonds. The summed E-state index contributed by atoms with van der Waals surface area (Å²) in [5.74, 6) is 0.674. The highest BCUT2D eigenvalue weighted by Gasteiger charge is 2.28. The Morgan fingerprint density at radius 3 is 3.00 bits per heavy atom. The lowest BCUT2D eigenvalue weighted by atomic mass is 9.81. The molecule has 1 N–H and O–H groups in total. The zero-order chi connectivity index (χ0) is 9.90. The lowest BCUT2D eigenvalue weighted by Gasteiger charge is -2.24. The van der Waals surface area contributed by atoms with E-state index in [1.807, 2.05) is 6.08 Å². The minimum atomic E-state index is 0.192. The Morgan fingerprint density at radius 2 is 2.38 bits per heavy atom. The van der Waals surface area contributed by atoms with E-state index < -0.39 is 0 Å². The summed E-state index contributed by atoms with van der Waals surface area (Å²) in [4.78, 5) is 11.3. The molecule has 1 unspecified atom stereocenters. The summed E-state index contributed by atoms with van der Waals surface area (Å²) in [6.45, 7) is 8.94. The molecule has 0 aromatic rings. The minimum absolute atomic E-state index is 0.192. The fraction of sp³-hybridized carbons (Fsp3) is 0.727. The number of rotatable bonds is 2. The molecule has 2 heteroatoms. The zero-order valence-corrected chi connectivity index (χ0v) is 8.60. The summed E-state index contributed by atoms with van der Waals surface area (Å²) >= 11 is 0. The highest BCUT2D eigenvalue weighted by atomic mass is 16.1. The summed E-state index contributed by atoms with van der Waals surface area (Å²) in [5.41, 5.74) is 0.236. The van der Waals surface area contributed by atoms with Gasteiger partial charge in [-0.15, -0.1) is 6.58 Å². The standard InChI is InChI=1S/C11H19NO/c1-4-5-9-6-10(13)12-8-11(2,3)7-9/h4,9H,1,5-8H2,2-3H3,(H,12,13). The first-order chi connectivity index (χ1) is 6.03. The Hall–Kier alpha value is -0.790. The summed E-state index contributed by atoms with van der Waals surface area (Å²) < 4.78 is 0. The van der Waals surface area contributed by atoms with Crippen LogP contribution in [0.5, 0.6) is 0 Å². The van der Waals surface area contributed by atoms with Crippen LogP contribution in [-0.2, 0) is 4.79 Å². The van der Waals surface area contributed by atoms with Gasteiger partial charge in [-0.25, -0.2) is 0 Å². The molecule has 0 bridgehead atoms. The fourth-order valence-corrected chi connectivity index (χ4v) is 2.00. The van der Waals surface area contributed by atoms with E-state index in [4.69, 9.17) is 0 Å². The van der Waals surface area contributed by atoms with Gasteiger partial charge in [0.25, 0.3) is 0 Å². The van der Waals surface area contributed by atoms with Gasteiger partial charge in [0.1, 0.15) is 0 Å². The highest BCUT2D eigenvalue weighted by Crippen LogP contribution is 2.30. The van der Waals surface area contributed by atoms with Crippen LogP contribution in [0.15, 0.2) is 12.7 Å². The van der Waals surface area contributed by atoms with E-state index in [1.54, 1.807) is 0 Å². The van der Waals surface area contributed by atoms with Crippen LogP contribution in [0.25, 0.3) is 0 Å². The molecule has 1 atom stereocenters. The molecule has 1 fully saturated rings. The van der Waals surface area contributed by atoms with Crippen molar-refractivity contribution in [2.75, 3.05) is 6.54 Å². The predicted octanol–water partition coefficient (Wildman–Crippen LogP) is 2.11. The van der Waals surface area contributed by atoms with E-state index in [9.17, 15) is 4.79 Å². The topological polar surface area (TPSA) is 29.1 Å². The van der Waals surface area contributed by atoms with E-state index in [-0.39, 0.29) is 11.3 Å². The van der Waals surface area contributed by atoms with Crippen LogP contribution in [0.3, 0.4) is 0 Å². The Bertz CT molecular complexity index is 208. The van der Waals surface area contributed by atoms with Gasteiger partial charge in [0.15, 0.2) is 0 Å². The third kappa shape index (κ3) is 3.21. The number of nitrogens with one attached hydrogen (secondary N) is 1. The summed E-state index contributed by atoms with van der Waals surface area (Å²) in [6.07, 6.45) is 4.64. The van der Waals surface area contributed by atoms with Crippen molar-refractivity contribution in [3.8, 4) is 0 Å². The molecule has 0 spiro atoms. The third-order valence-corrected chi connectivity index (χ3v) is 2.58. The fourth-order valence-electron chi connectivity index (χ4n) is 2.00. The molecule has 74 valence electrons. The average molecular weight is 181 g/mol. The molecule has 1 saturated heterocycles. The SMILES string of the molecule is C=CCC1CC(=O)NCC(C)(C)C1. The van der Waals surface area contributed by atoms with E-state index in [1.165, 1.54) is 0 Å². The van der Waals surface area contributed by atoms with Gasteiger partial charge >= 0.3 is 0 Å². The van der Waals surface area contributed by atoms with Crippen LogP contribution in [0, 0.1) is 11.3 Å². The maximum atomic E-state index is 11.3. The molecular weight excluding hydrogens is 162 g/mol. The molecular formula is C11H19NO. The first-order valence-corrected chi connectivity index (χ1v) is 4.91. The monoisotopic (exact) mass is 181 g/mol. The number of carbonyl (C=O) groups excluding carboxylic acids is 1. The summed E-state index contributed by atoms with van der Waals surface area (Å²) in [7, 11) is 0. The van der Waals surface area contributed by atoms with Gasteiger partial charge in [0.2, 0.25) is 5.91 Å². The van der Waals surface area contributed by atoms with E-state index >= 15 is 0 Å². The van der Waals surface area contributed by atoms with Gasteiger partial charge in [-0.1, -0.05) is 19.9 Å². The van der Waals surface area contributed by atoms with Crippen LogP contribution in [0.1, 0.15) is 33.1 Å². The summed E-state index contributed by atoms with van der Waals surface area (Å²) in [5, 5.41) is 2.95. The Morgan fingerprint density at radius 1 is 1.69 bits per heavy atom. The average Bonchev–Trinajstić information content (AvgIpc) is 2.11. The summed E-state index contributed by atoms with van der Waals surface area (Å²) in [6, 6.07) is 0. The number of allylic oxidation sites excluding steroid dienone is 1. The molecule has 1 aliphatic rings. The smallest absolute Gasteiger partial charge is 0.220 e. The van der Waals surface area contributed by atoms with Gasteiger partial charge in [0, 0.05) is 13.0 Å². The van der Waals surface area contributed by atoms with Crippen LogP contribution in [0.2, 0.25) is 0 Å². The Balaban J connectivity index is 2.62. The van der Waals surface area contributed by atoms with E-state index in [0.29, 0.717) is 12.3 Å². The van der Waals surface area contributed by atoms with Crippen molar-refractivity contribution in [1.29, 1.82) is 0 Å². The van der Waals surface area contributed by atoms with Crippen molar-refractivity contribution in [3.63, 3.8) is 0 Å². The van der Waals surface area contributed by atoms with Crippen molar-refractivity contribution in [2.45, 2.75) is 33.1 Å². The molecule has 0 radical (unpaired) electrons. The Labute approximate surface area is 80.4 Å². The number of carbonyl (C=O) groups is 1. The lowest BCUT2D eigenvalue weighted by molar-refractivity contribution is -0.121. The van der Waals surface area contributed by atoms with Gasteiger partial charge < -0.3 is 5.32 Å². The first-order valence-electron chi connectivity index (χ1n) is 4.91. The molecule has 0 aliphatic carbocycles. The van der Waals surface area contributed by atoms with Crippen LogP contribution in [-0.4, -0.2) is 12.5 Å². The normalized spacial score (nSPS) is 27.5. The van der Waals surface area contributed by atoms with Crippen LogP contribution in [0.4, 0.5) is 0 Å². The van der Waals surface area contributed by atoms with Crippen molar-refractivity contribution in [3.05, 3.63) is 12.7 Å². The number of hydrogen-bond donors (Lipinski definition) is 1. The maximum Gasteiger partial charge on any atom is 0.220 e. The highest BCUT2D eigenvalue weighted by molar-refractivity contribution is 5.76. The molecule has 1 aliphatic heterocycles. The first kappa shape index (κ1) is 10.3. The van der Waals surface area contributed by atoms with E-state index in [2.05, 4.69) is 25.7 Å². The van der Waals surface area contributed by atoms with Crippen LogP contribution < -0.4 is 5.32 Å². The second kappa shape index (κ2) is 3.95. The van der Waals surface area contributed by atoms with Gasteiger partial charge in [0.05, 0.1) is 0 Å². The van der Waals surface area contributed by atoms with Crippen molar-refractivity contribution in [2.24, 2.45) is 11.3 Å². The molecule has 2 nitrogen and oxygen atoms in total. The van der Waals surface area contributed by atoms with Crippen molar-refractivity contribution < 1.29 is 4.79 Å². The van der Waals surface area contributed by atoms with Gasteiger partial charge in [-0.2, -0.15) is 0 Å². The maximum absolute atomic E-state index is 11.3. The van der Waals surface area contributed by atoms with Gasteiger partial charge in [-0.3, -0.25) is 4.79 Å². The van der Waals surface area contributed by atoms with Crippen molar-refractivity contribution >= 4 is 5.91 Å². The quantitative estimate of drug-likeness (QED) is 0.649. The third-order valence-electron chi connectivity index (χ3n) is 2.58. The second-order valence-corrected chi connectivity index (χ2v) is 4.74. The zero-order valence-electron chi connectivity index (χ0n) is 8.60. The van der Waals surface area contributed by atoms with Crippen molar-refractivity contribution in [1.82, 2.24) is 5.32 Å². The molecule has 0 aromatic heterocycles. The van der Waals surface area contributed by atoms with E-state index in [0.717, 1.165) is 19.4 Å². The Kier molecular flexibility index (Phi) is 3.12. The predicted molar refractivity (Wildman–Crippen MR) is 54.3 cm³/mol. The molecule has 0 aromatic carbocycles. The van der Waals surface area contributed by atoms with Crippen LogP contribution >= 0.6 is 0 Å². The molecule has 13 heavy (non-hydrogen) atoms. The largest absolute Gasteiger partial charge is 0.356 e. The molecule has 1 rings (SSSR count). The number of hydrogen-bond acceptors (Lipinski definition) is 1. The minimum Gasteiger partial charge on any atom is -0.356 e. The molecule has 1 heterocycles. The lowest BCUT2D eigenvalue weighted by Crippen LogP contribution is -2.30. The molecule has 0 saturated carbocycles. The van der Waals surface area contributed by atoms with Gasteiger partial charge in [-0.05, 0) is 24.2 Å².